The second kappa shape index (κ2) is 4.93. The van der Waals surface area contributed by atoms with Crippen LogP contribution in [0.15, 0.2) is 65.1 Å². The molecule has 0 amide bonds. The van der Waals surface area contributed by atoms with Crippen LogP contribution >= 0.6 is 27.3 Å². The molecule has 0 fully saturated rings. The van der Waals surface area contributed by atoms with E-state index in [2.05, 4.69) is 46.3 Å². The molecule has 0 nitrogen and oxygen atoms in total. The van der Waals surface area contributed by atoms with Crippen molar-refractivity contribution in [1.29, 1.82) is 0 Å². The lowest BCUT2D eigenvalue weighted by atomic mass is 10.0. The van der Waals surface area contributed by atoms with E-state index in [0.717, 1.165) is 14.6 Å². The molecule has 0 radical (unpaired) electrons. The quantitative estimate of drug-likeness (QED) is 0.359. The first kappa shape index (κ1) is 13.0. The zero-order valence-electron chi connectivity index (χ0n) is 10.9. The summed E-state index contributed by atoms with van der Waals surface area (Å²) in [6, 6.07) is 19.6. The first-order valence-corrected chi connectivity index (χ1v) is 8.20. The first-order chi connectivity index (χ1) is 10.2. The Morgan fingerprint density at radius 1 is 0.857 bits per heavy atom. The molecular weight excluding hydrogens is 347 g/mol. The zero-order chi connectivity index (χ0) is 14.4. The molecule has 1 aromatic heterocycles. The van der Waals surface area contributed by atoms with Gasteiger partial charge in [0.1, 0.15) is 5.82 Å². The summed E-state index contributed by atoms with van der Waals surface area (Å²) in [5, 5.41) is 2.31. The fraction of sp³-hybridized carbons (Fsp3) is 0. The number of fused-ring (bicyclic) bond motifs is 3. The number of thiophene rings is 1. The van der Waals surface area contributed by atoms with Crippen LogP contribution in [0.4, 0.5) is 4.39 Å². The molecular formula is C18H10BrFS. The molecule has 0 saturated heterocycles. The van der Waals surface area contributed by atoms with Crippen LogP contribution < -0.4 is 0 Å². The van der Waals surface area contributed by atoms with Crippen LogP contribution in [-0.4, -0.2) is 0 Å². The largest absolute Gasteiger partial charge is 0.207 e. The van der Waals surface area contributed by atoms with Gasteiger partial charge in [0.25, 0.3) is 0 Å². The minimum absolute atomic E-state index is 0.182. The summed E-state index contributed by atoms with van der Waals surface area (Å²) in [5.74, 6) is -0.182. The van der Waals surface area contributed by atoms with E-state index in [-0.39, 0.29) is 5.82 Å². The van der Waals surface area contributed by atoms with Crippen LogP contribution in [0.2, 0.25) is 0 Å². The van der Waals surface area contributed by atoms with Crippen LogP contribution in [-0.2, 0) is 0 Å². The van der Waals surface area contributed by atoms with Gasteiger partial charge >= 0.3 is 0 Å². The van der Waals surface area contributed by atoms with Gasteiger partial charge in [-0.1, -0.05) is 52.3 Å². The van der Waals surface area contributed by atoms with E-state index in [4.69, 9.17) is 0 Å². The Morgan fingerprint density at radius 2 is 1.71 bits per heavy atom. The molecule has 4 rings (SSSR count). The predicted molar refractivity (Wildman–Crippen MR) is 92.4 cm³/mol. The Balaban J connectivity index is 2.08. The van der Waals surface area contributed by atoms with Crippen LogP contribution in [0, 0.1) is 5.82 Å². The van der Waals surface area contributed by atoms with E-state index < -0.39 is 0 Å². The molecule has 21 heavy (non-hydrogen) atoms. The number of halogens is 2. The van der Waals surface area contributed by atoms with Crippen LogP contribution in [0.3, 0.4) is 0 Å². The van der Waals surface area contributed by atoms with E-state index in [0.29, 0.717) is 0 Å². The van der Waals surface area contributed by atoms with Gasteiger partial charge in [0, 0.05) is 24.6 Å². The van der Waals surface area contributed by atoms with E-state index in [1.807, 2.05) is 18.2 Å². The van der Waals surface area contributed by atoms with Gasteiger partial charge in [0.2, 0.25) is 0 Å². The van der Waals surface area contributed by atoms with Crippen molar-refractivity contribution < 1.29 is 4.39 Å². The fourth-order valence-corrected chi connectivity index (χ4v) is 4.32. The minimum atomic E-state index is -0.182. The van der Waals surface area contributed by atoms with E-state index in [1.165, 1.54) is 27.3 Å². The summed E-state index contributed by atoms with van der Waals surface area (Å²) < 4.78 is 16.7. The SMILES string of the molecule is Fc1ccc2c(c1)sc1c(-c3cccc(Br)c3)cccc12. The van der Waals surface area contributed by atoms with Gasteiger partial charge in [-0.05, 0) is 35.4 Å². The summed E-state index contributed by atoms with van der Waals surface area (Å²) in [6.07, 6.45) is 0. The highest BCUT2D eigenvalue weighted by molar-refractivity contribution is 9.10. The maximum absolute atomic E-state index is 13.4. The van der Waals surface area contributed by atoms with Gasteiger partial charge in [0.15, 0.2) is 0 Å². The molecule has 0 saturated carbocycles. The molecule has 1 heterocycles. The van der Waals surface area contributed by atoms with E-state index in [9.17, 15) is 4.39 Å². The Morgan fingerprint density at radius 3 is 2.57 bits per heavy atom. The maximum Gasteiger partial charge on any atom is 0.124 e. The van der Waals surface area contributed by atoms with Gasteiger partial charge in [-0.25, -0.2) is 4.39 Å². The highest BCUT2D eigenvalue weighted by Gasteiger charge is 2.10. The third-order valence-electron chi connectivity index (χ3n) is 3.60. The van der Waals surface area contributed by atoms with Gasteiger partial charge in [-0.15, -0.1) is 11.3 Å². The van der Waals surface area contributed by atoms with E-state index in [1.54, 1.807) is 17.4 Å². The van der Waals surface area contributed by atoms with E-state index >= 15 is 0 Å². The lowest BCUT2D eigenvalue weighted by molar-refractivity contribution is 0.630. The third-order valence-corrected chi connectivity index (χ3v) is 5.29. The lowest BCUT2D eigenvalue weighted by Gasteiger charge is -2.04. The molecule has 0 aliphatic heterocycles. The Hall–Kier alpha value is -1.71. The summed E-state index contributed by atoms with van der Waals surface area (Å²) >= 11 is 5.17. The normalized spacial score (nSPS) is 11.3. The summed E-state index contributed by atoms with van der Waals surface area (Å²) in [4.78, 5) is 0. The number of rotatable bonds is 1. The maximum atomic E-state index is 13.4. The smallest absolute Gasteiger partial charge is 0.124 e. The van der Waals surface area contributed by atoms with Gasteiger partial charge in [-0.2, -0.15) is 0 Å². The molecule has 0 bridgehead atoms. The molecule has 0 aliphatic carbocycles. The first-order valence-electron chi connectivity index (χ1n) is 6.59. The second-order valence-electron chi connectivity index (χ2n) is 4.94. The van der Waals surface area contributed by atoms with Crippen molar-refractivity contribution in [1.82, 2.24) is 0 Å². The van der Waals surface area contributed by atoms with Crippen molar-refractivity contribution in [3.63, 3.8) is 0 Å². The molecule has 0 spiro atoms. The van der Waals surface area contributed by atoms with Crippen molar-refractivity contribution in [2.45, 2.75) is 0 Å². The molecule has 3 heteroatoms. The molecule has 0 unspecified atom stereocenters. The highest BCUT2D eigenvalue weighted by atomic mass is 79.9. The highest BCUT2D eigenvalue weighted by Crippen LogP contribution is 2.40. The topological polar surface area (TPSA) is 0 Å². The molecule has 102 valence electrons. The summed E-state index contributed by atoms with van der Waals surface area (Å²) in [6.45, 7) is 0. The van der Waals surface area contributed by atoms with Crippen LogP contribution in [0.25, 0.3) is 31.3 Å². The van der Waals surface area contributed by atoms with Gasteiger partial charge in [0.05, 0.1) is 0 Å². The minimum Gasteiger partial charge on any atom is -0.207 e. The van der Waals surface area contributed by atoms with Crippen molar-refractivity contribution in [2.24, 2.45) is 0 Å². The Bertz CT molecular complexity index is 971. The van der Waals surface area contributed by atoms with Crippen molar-refractivity contribution in [3.8, 4) is 11.1 Å². The molecule has 0 aliphatic rings. The van der Waals surface area contributed by atoms with Crippen LogP contribution in [0.1, 0.15) is 0 Å². The summed E-state index contributed by atoms with van der Waals surface area (Å²) in [5.41, 5.74) is 2.36. The number of hydrogen-bond acceptors (Lipinski definition) is 1. The van der Waals surface area contributed by atoms with Gasteiger partial charge < -0.3 is 0 Å². The van der Waals surface area contributed by atoms with Crippen molar-refractivity contribution >= 4 is 47.4 Å². The predicted octanol–water partition coefficient (Wildman–Crippen LogP) is 6.62. The molecule has 0 atom stereocenters. The Kier molecular flexibility index (Phi) is 3.05. The molecule has 0 N–H and O–H groups in total. The average Bonchev–Trinajstić information content (AvgIpc) is 2.84. The average molecular weight is 357 g/mol. The molecule has 4 aromatic rings. The monoisotopic (exact) mass is 356 g/mol. The van der Waals surface area contributed by atoms with Crippen LogP contribution in [0.5, 0.6) is 0 Å². The number of benzene rings is 3. The second-order valence-corrected chi connectivity index (χ2v) is 6.90. The lowest BCUT2D eigenvalue weighted by Crippen LogP contribution is -1.78. The summed E-state index contributed by atoms with van der Waals surface area (Å²) in [7, 11) is 0. The third kappa shape index (κ3) is 2.17. The fourth-order valence-electron chi connectivity index (χ4n) is 2.66. The van der Waals surface area contributed by atoms with Crippen molar-refractivity contribution in [3.05, 3.63) is 71.0 Å². The van der Waals surface area contributed by atoms with Crippen molar-refractivity contribution in [2.75, 3.05) is 0 Å². The Labute approximate surface area is 134 Å². The number of hydrogen-bond donors (Lipinski definition) is 0. The van der Waals surface area contributed by atoms with Gasteiger partial charge in [-0.3, -0.25) is 0 Å². The standard InChI is InChI=1S/C18H10BrFS/c19-12-4-1-3-11(9-12)14-5-2-6-16-15-8-7-13(20)10-17(15)21-18(14)16/h1-10H. The zero-order valence-corrected chi connectivity index (χ0v) is 13.3. The molecule has 3 aromatic carbocycles.